The molecular weight excluding hydrogens is 571 g/mol. The van der Waals surface area contributed by atoms with Gasteiger partial charge in [0.15, 0.2) is 5.82 Å². The highest BCUT2D eigenvalue weighted by Gasteiger charge is 2.25. The lowest BCUT2D eigenvalue weighted by atomic mass is 9.93. The molecule has 3 nitrogen and oxygen atoms in total. The Hall–Kier alpha value is -6.32. The summed E-state index contributed by atoms with van der Waals surface area (Å²) < 4.78 is 2.44. The van der Waals surface area contributed by atoms with Crippen molar-refractivity contribution in [2.45, 2.75) is 0 Å². The molecule has 2 heterocycles. The maximum Gasteiger partial charge on any atom is 0.162 e. The van der Waals surface area contributed by atoms with Gasteiger partial charge in [0.1, 0.15) is 0 Å². The smallest absolute Gasteiger partial charge is 0.162 e. The molecule has 0 aliphatic heterocycles. The average molecular weight is 596 g/mol. The fourth-order valence-corrected chi connectivity index (χ4v) is 8.14. The van der Waals surface area contributed by atoms with E-state index in [0.717, 1.165) is 39.2 Å². The van der Waals surface area contributed by atoms with Crippen LogP contribution in [-0.2, 0) is 0 Å². The predicted molar refractivity (Wildman–Crippen MR) is 196 cm³/mol. The highest BCUT2D eigenvalue weighted by molar-refractivity contribution is 6.38. The van der Waals surface area contributed by atoms with E-state index in [1.165, 1.54) is 65.3 Å². The van der Waals surface area contributed by atoms with Crippen molar-refractivity contribution in [1.82, 2.24) is 14.5 Å². The lowest BCUT2D eigenvalue weighted by Crippen LogP contribution is -2.01. The van der Waals surface area contributed by atoms with Gasteiger partial charge in [-0.3, -0.25) is 0 Å². The molecule has 0 spiro atoms. The topological polar surface area (TPSA) is 30.7 Å². The van der Waals surface area contributed by atoms with E-state index in [-0.39, 0.29) is 0 Å². The zero-order valence-corrected chi connectivity index (χ0v) is 25.3. The van der Waals surface area contributed by atoms with Crippen LogP contribution in [0.4, 0.5) is 0 Å². The molecule has 216 valence electrons. The van der Waals surface area contributed by atoms with E-state index in [4.69, 9.17) is 9.97 Å². The Bertz CT molecular complexity index is 2950. The number of aromatic nitrogens is 3. The Labute approximate surface area is 270 Å². The number of benzene rings is 8. The SMILES string of the molecule is c1ccc(-c2nc(-c3ccccc3-n3c4cccc5c4c4c6c(ccc7ccc8cccc-5c8c76)ccc43)nc3ccccc23)cc1. The predicted octanol–water partition coefficient (Wildman–Crippen LogP) is 11.5. The second kappa shape index (κ2) is 9.12. The van der Waals surface area contributed by atoms with E-state index in [9.17, 15) is 0 Å². The molecule has 0 unspecified atom stereocenters. The minimum absolute atomic E-state index is 0.717. The van der Waals surface area contributed by atoms with Crippen LogP contribution in [0, 0.1) is 0 Å². The molecule has 0 bridgehead atoms. The summed E-state index contributed by atoms with van der Waals surface area (Å²) in [6.45, 7) is 0. The number of hydrogen-bond acceptors (Lipinski definition) is 2. The molecule has 10 aromatic rings. The first kappa shape index (κ1) is 24.9. The normalized spacial score (nSPS) is 12.3. The quantitative estimate of drug-likeness (QED) is 0.190. The van der Waals surface area contributed by atoms with Crippen LogP contribution in [0.5, 0.6) is 0 Å². The van der Waals surface area contributed by atoms with Gasteiger partial charge in [0, 0.05) is 32.7 Å². The molecule has 11 rings (SSSR count). The van der Waals surface area contributed by atoms with Crippen LogP contribution in [0.15, 0.2) is 152 Å². The summed E-state index contributed by atoms with van der Waals surface area (Å²) in [5.74, 6) is 0.717. The van der Waals surface area contributed by atoms with Crippen LogP contribution in [0.1, 0.15) is 0 Å². The van der Waals surface area contributed by atoms with Crippen molar-refractivity contribution in [2.75, 3.05) is 0 Å². The molecule has 1 aliphatic rings. The summed E-state index contributed by atoms with van der Waals surface area (Å²) in [5, 5.41) is 11.5. The monoisotopic (exact) mass is 595 g/mol. The van der Waals surface area contributed by atoms with Gasteiger partial charge in [-0.15, -0.1) is 0 Å². The number of rotatable bonds is 3. The Balaban J connectivity index is 1.29. The van der Waals surface area contributed by atoms with E-state index in [1.807, 2.05) is 6.07 Å². The zero-order chi connectivity index (χ0) is 30.6. The summed E-state index contributed by atoms with van der Waals surface area (Å²) in [4.78, 5) is 10.5. The Morgan fingerprint density at radius 3 is 1.85 bits per heavy atom. The summed E-state index contributed by atoms with van der Waals surface area (Å²) in [6, 6.07) is 54.6. The summed E-state index contributed by atoms with van der Waals surface area (Å²) in [5.41, 5.74) is 9.96. The van der Waals surface area contributed by atoms with Crippen LogP contribution in [-0.4, -0.2) is 14.5 Å². The van der Waals surface area contributed by atoms with Gasteiger partial charge in [-0.25, -0.2) is 9.97 Å². The van der Waals surface area contributed by atoms with E-state index in [2.05, 4.69) is 150 Å². The highest BCUT2D eigenvalue weighted by atomic mass is 15.0. The molecular formula is C44H25N3. The zero-order valence-electron chi connectivity index (χ0n) is 25.3. The second-order valence-electron chi connectivity index (χ2n) is 12.5. The van der Waals surface area contributed by atoms with E-state index in [1.54, 1.807) is 0 Å². The van der Waals surface area contributed by atoms with E-state index >= 15 is 0 Å². The second-order valence-corrected chi connectivity index (χ2v) is 12.5. The standard InChI is InChI=1S/C44H25N3/c1-2-10-29(11-3-1)43-32-13-4-6-17-34(32)45-44(46-43)33-14-5-7-18-35(33)47-36-19-9-16-31-30-15-8-12-26-20-21-27-22-23-28-24-25-37(47)42(41(31)36)40(28)39(27)38(26)30/h1-25H. The van der Waals surface area contributed by atoms with Gasteiger partial charge in [0.05, 0.1) is 27.9 Å². The molecule has 0 fully saturated rings. The summed E-state index contributed by atoms with van der Waals surface area (Å²) in [6.07, 6.45) is 0. The van der Waals surface area contributed by atoms with E-state index < -0.39 is 0 Å². The van der Waals surface area contributed by atoms with E-state index in [0.29, 0.717) is 0 Å². The Morgan fingerprint density at radius 2 is 1.00 bits per heavy atom. The third-order valence-corrected chi connectivity index (χ3v) is 10.1. The molecule has 0 saturated carbocycles. The van der Waals surface area contributed by atoms with Crippen molar-refractivity contribution >= 4 is 65.0 Å². The van der Waals surface area contributed by atoms with Gasteiger partial charge < -0.3 is 4.57 Å². The largest absolute Gasteiger partial charge is 0.308 e. The minimum Gasteiger partial charge on any atom is -0.308 e. The van der Waals surface area contributed by atoms with Crippen LogP contribution < -0.4 is 0 Å². The lowest BCUT2D eigenvalue weighted by molar-refractivity contribution is 1.15. The fraction of sp³-hybridized carbons (Fsp3) is 0. The van der Waals surface area contributed by atoms with Crippen LogP contribution in [0.3, 0.4) is 0 Å². The fourth-order valence-electron chi connectivity index (χ4n) is 8.14. The van der Waals surface area contributed by atoms with Crippen molar-refractivity contribution in [3.8, 4) is 39.5 Å². The molecule has 0 saturated heterocycles. The van der Waals surface area contributed by atoms with Crippen molar-refractivity contribution < 1.29 is 0 Å². The molecule has 1 aliphatic carbocycles. The van der Waals surface area contributed by atoms with Crippen LogP contribution in [0.2, 0.25) is 0 Å². The molecule has 0 amide bonds. The van der Waals surface area contributed by atoms with Gasteiger partial charge in [-0.1, -0.05) is 121 Å². The third kappa shape index (κ3) is 3.30. The molecule has 0 radical (unpaired) electrons. The van der Waals surface area contributed by atoms with Gasteiger partial charge in [0.2, 0.25) is 0 Å². The first-order chi connectivity index (χ1) is 23.3. The maximum atomic E-state index is 5.29. The molecule has 47 heavy (non-hydrogen) atoms. The molecule has 8 aromatic carbocycles. The number of fused-ring (bicyclic) bond motifs is 2. The van der Waals surface area contributed by atoms with Crippen LogP contribution >= 0.6 is 0 Å². The van der Waals surface area contributed by atoms with Crippen molar-refractivity contribution in [3.63, 3.8) is 0 Å². The maximum absolute atomic E-state index is 5.29. The Morgan fingerprint density at radius 1 is 0.383 bits per heavy atom. The molecule has 3 heteroatoms. The number of nitrogens with zero attached hydrogens (tertiary/aromatic N) is 3. The molecule has 2 aromatic heterocycles. The molecule has 0 N–H and O–H groups in total. The first-order valence-corrected chi connectivity index (χ1v) is 16.1. The lowest BCUT2D eigenvalue weighted by Gasteiger charge is -2.16. The number of hydrogen-bond donors (Lipinski definition) is 0. The van der Waals surface area contributed by atoms with Gasteiger partial charge in [0.25, 0.3) is 0 Å². The first-order valence-electron chi connectivity index (χ1n) is 16.1. The number of para-hydroxylation sites is 2. The van der Waals surface area contributed by atoms with Crippen molar-refractivity contribution in [3.05, 3.63) is 152 Å². The summed E-state index contributed by atoms with van der Waals surface area (Å²) >= 11 is 0. The average Bonchev–Trinajstić information content (AvgIpc) is 3.41. The van der Waals surface area contributed by atoms with Crippen molar-refractivity contribution in [1.29, 1.82) is 0 Å². The highest BCUT2D eigenvalue weighted by Crippen LogP contribution is 2.50. The van der Waals surface area contributed by atoms with Gasteiger partial charge in [-0.2, -0.15) is 0 Å². The van der Waals surface area contributed by atoms with Gasteiger partial charge >= 0.3 is 0 Å². The van der Waals surface area contributed by atoms with Crippen molar-refractivity contribution in [2.24, 2.45) is 0 Å². The minimum atomic E-state index is 0.717. The molecule has 0 atom stereocenters. The third-order valence-electron chi connectivity index (χ3n) is 10.1. The van der Waals surface area contributed by atoms with Crippen LogP contribution in [0.25, 0.3) is 104 Å². The Kier molecular flexibility index (Phi) is 4.84. The van der Waals surface area contributed by atoms with Gasteiger partial charge in [-0.05, 0) is 68.4 Å². The summed E-state index contributed by atoms with van der Waals surface area (Å²) in [7, 11) is 0.